The van der Waals surface area contributed by atoms with Gasteiger partial charge in [-0.1, -0.05) is 17.7 Å². The maximum absolute atomic E-state index is 13.1. The standard InChI is InChI=1S/C15H12BrClFN3O/c16-13-7-10(1-6-14(13)18)8-20-21-15(22)9-19-12-4-2-11(17)3-5-12/h1-7,9,20H,8H2,(H,21,22). The zero-order valence-corrected chi connectivity index (χ0v) is 13.7. The molecule has 0 radical (unpaired) electrons. The summed E-state index contributed by atoms with van der Waals surface area (Å²) in [6.07, 6.45) is 1.16. The van der Waals surface area contributed by atoms with E-state index in [2.05, 4.69) is 31.8 Å². The van der Waals surface area contributed by atoms with Crippen molar-refractivity contribution in [3.8, 4) is 0 Å². The number of hydrazine groups is 1. The van der Waals surface area contributed by atoms with Gasteiger partial charge in [0.15, 0.2) is 0 Å². The van der Waals surface area contributed by atoms with Gasteiger partial charge in [-0.05, 0) is 57.9 Å². The van der Waals surface area contributed by atoms with Crippen LogP contribution in [0.4, 0.5) is 10.1 Å². The van der Waals surface area contributed by atoms with Gasteiger partial charge in [-0.15, -0.1) is 0 Å². The summed E-state index contributed by atoms with van der Waals surface area (Å²) in [7, 11) is 0. The van der Waals surface area contributed by atoms with Crippen molar-refractivity contribution in [3.05, 3.63) is 63.3 Å². The molecule has 22 heavy (non-hydrogen) atoms. The van der Waals surface area contributed by atoms with Crippen LogP contribution in [0.25, 0.3) is 0 Å². The number of carbonyl (C=O) groups excluding carboxylic acids is 1. The third kappa shape index (κ3) is 5.22. The summed E-state index contributed by atoms with van der Waals surface area (Å²) in [6.45, 7) is 0.361. The highest BCUT2D eigenvalue weighted by atomic mass is 79.9. The van der Waals surface area contributed by atoms with Crippen LogP contribution in [0.3, 0.4) is 0 Å². The van der Waals surface area contributed by atoms with Crippen molar-refractivity contribution in [3.63, 3.8) is 0 Å². The highest BCUT2D eigenvalue weighted by Gasteiger charge is 2.01. The topological polar surface area (TPSA) is 53.5 Å². The molecule has 0 heterocycles. The molecular formula is C15H12BrClFN3O. The smallest absolute Gasteiger partial charge is 0.276 e. The Bertz CT molecular complexity index is 692. The van der Waals surface area contributed by atoms with Gasteiger partial charge in [-0.25, -0.2) is 9.82 Å². The van der Waals surface area contributed by atoms with Crippen LogP contribution in [0, 0.1) is 5.82 Å². The molecule has 0 saturated carbocycles. The molecule has 7 heteroatoms. The fourth-order valence-electron chi connectivity index (χ4n) is 1.58. The summed E-state index contributed by atoms with van der Waals surface area (Å²) in [5.74, 6) is -0.723. The minimum Gasteiger partial charge on any atom is -0.286 e. The normalized spacial score (nSPS) is 10.9. The van der Waals surface area contributed by atoms with Crippen molar-refractivity contribution in [1.82, 2.24) is 10.9 Å². The lowest BCUT2D eigenvalue weighted by Crippen LogP contribution is -2.37. The first-order chi connectivity index (χ1) is 10.5. The van der Waals surface area contributed by atoms with Gasteiger partial charge in [-0.3, -0.25) is 15.2 Å². The highest BCUT2D eigenvalue weighted by Crippen LogP contribution is 2.16. The van der Waals surface area contributed by atoms with E-state index in [1.165, 1.54) is 6.07 Å². The molecule has 0 saturated heterocycles. The Morgan fingerprint density at radius 1 is 1.27 bits per heavy atom. The third-order valence-corrected chi connectivity index (χ3v) is 3.51. The second-order valence-electron chi connectivity index (χ2n) is 4.33. The lowest BCUT2D eigenvalue weighted by molar-refractivity contribution is -0.115. The second-order valence-corrected chi connectivity index (χ2v) is 5.62. The number of aliphatic imine (C=N–C) groups is 1. The van der Waals surface area contributed by atoms with Gasteiger partial charge in [0, 0.05) is 11.6 Å². The molecular weight excluding hydrogens is 373 g/mol. The predicted octanol–water partition coefficient (Wildman–Crippen LogP) is 3.76. The Balaban J connectivity index is 1.80. The molecule has 114 valence electrons. The van der Waals surface area contributed by atoms with E-state index < -0.39 is 5.91 Å². The number of benzene rings is 2. The van der Waals surface area contributed by atoms with Gasteiger partial charge in [0.2, 0.25) is 0 Å². The molecule has 2 aromatic carbocycles. The van der Waals surface area contributed by atoms with Gasteiger partial charge < -0.3 is 0 Å². The largest absolute Gasteiger partial charge is 0.286 e. The van der Waals surface area contributed by atoms with E-state index in [-0.39, 0.29) is 5.82 Å². The molecule has 4 nitrogen and oxygen atoms in total. The average molecular weight is 385 g/mol. The van der Waals surface area contributed by atoms with Crippen LogP contribution in [-0.2, 0) is 11.3 Å². The molecule has 2 rings (SSSR count). The quantitative estimate of drug-likeness (QED) is 0.609. The molecule has 0 aromatic heterocycles. The van der Waals surface area contributed by atoms with Crippen molar-refractivity contribution in [2.24, 2.45) is 4.99 Å². The van der Waals surface area contributed by atoms with Gasteiger partial charge in [0.25, 0.3) is 5.91 Å². The van der Waals surface area contributed by atoms with Crippen LogP contribution in [0.1, 0.15) is 5.56 Å². The molecule has 1 amide bonds. The molecule has 2 aromatic rings. The molecule has 0 atom stereocenters. The van der Waals surface area contributed by atoms with Crippen LogP contribution < -0.4 is 10.9 Å². The molecule has 0 aliphatic rings. The lowest BCUT2D eigenvalue weighted by atomic mass is 10.2. The average Bonchev–Trinajstić information content (AvgIpc) is 2.50. The molecule has 0 bridgehead atoms. The van der Waals surface area contributed by atoms with Crippen LogP contribution in [-0.4, -0.2) is 12.1 Å². The van der Waals surface area contributed by atoms with E-state index in [4.69, 9.17) is 11.6 Å². The van der Waals surface area contributed by atoms with Crippen LogP contribution in [0.2, 0.25) is 5.02 Å². The Labute approximate surface area is 140 Å². The molecule has 0 fully saturated rings. The second kappa shape index (κ2) is 8.03. The summed E-state index contributed by atoms with van der Waals surface area (Å²) in [4.78, 5) is 15.6. The summed E-state index contributed by atoms with van der Waals surface area (Å²) in [5, 5.41) is 0.607. The van der Waals surface area contributed by atoms with Crippen LogP contribution >= 0.6 is 27.5 Å². The lowest BCUT2D eigenvalue weighted by Gasteiger charge is -2.05. The van der Waals surface area contributed by atoms with Gasteiger partial charge in [0.1, 0.15) is 5.82 Å². The minimum atomic E-state index is -0.392. The molecule has 2 N–H and O–H groups in total. The van der Waals surface area contributed by atoms with Crippen molar-refractivity contribution in [2.45, 2.75) is 6.54 Å². The summed E-state index contributed by atoms with van der Waals surface area (Å²) in [6, 6.07) is 11.4. The predicted molar refractivity (Wildman–Crippen MR) is 88.7 cm³/mol. The monoisotopic (exact) mass is 383 g/mol. The number of carbonyl (C=O) groups is 1. The number of amides is 1. The first-order valence-electron chi connectivity index (χ1n) is 6.31. The van der Waals surface area contributed by atoms with Crippen LogP contribution in [0.5, 0.6) is 0 Å². The van der Waals surface area contributed by atoms with Crippen molar-refractivity contribution in [2.75, 3.05) is 0 Å². The van der Waals surface area contributed by atoms with E-state index in [1.54, 1.807) is 36.4 Å². The van der Waals surface area contributed by atoms with E-state index in [0.717, 1.165) is 11.8 Å². The van der Waals surface area contributed by atoms with Gasteiger partial charge in [0.05, 0.1) is 16.4 Å². The summed E-state index contributed by atoms with van der Waals surface area (Å²) in [5.41, 5.74) is 6.66. The maximum Gasteiger partial charge on any atom is 0.276 e. The maximum atomic E-state index is 13.1. The Kier molecular flexibility index (Phi) is 6.06. The van der Waals surface area contributed by atoms with Crippen LogP contribution in [0.15, 0.2) is 51.9 Å². The Hall–Kier alpha value is -1.76. The summed E-state index contributed by atoms with van der Waals surface area (Å²) >= 11 is 8.86. The fourth-order valence-corrected chi connectivity index (χ4v) is 2.13. The summed E-state index contributed by atoms with van der Waals surface area (Å²) < 4.78 is 13.5. The zero-order chi connectivity index (χ0) is 15.9. The number of hydrogen-bond acceptors (Lipinski definition) is 3. The number of rotatable bonds is 5. The first kappa shape index (κ1) is 16.6. The molecule has 0 spiro atoms. The highest BCUT2D eigenvalue weighted by molar-refractivity contribution is 9.10. The Morgan fingerprint density at radius 3 is 2.68 bits per heavy atom. The van der Waals surface area contributed by atoms with E-state index in [1.807, 2.05) is 0 Å². The number of hydrogen-bond donors (Lipinski definition) is 2. The number of nitrogens with zero attached hydrogens (tertiary/aromatic N) is 1. The van der Waals surface area contributed by atoms with E-state index >= 15 is 0 Å². The fraction of sp³-hybridized carbons (Fsp3) is 0.0667. The number of halogens is 3. The zero-order valence-electron chi connectivity index (χ0n) is 11.3. The van der Waals surface area contributed by atoms with E-state index in [0.29, 0.717) is 21.7 Å². The minimum absolute atomic E-state index is 0.331. The molecule has 0 unspecified atom stereocenters. The van der Waals surface area contributed by atoms with Gasteiger partial charge in [-0.2, -0.15) is 0 Å². The van der Waals surface area contributed by atoms with Gasteiger partial charge >= 0.3 is 0 Å². The Morgan fingerprint density at radius 2 is 2.00 bits per heavy atom. The van der Waals surface area contributed by atoms with Crippen molar-refractivity contribution >= 4 is 45.3 Å². The van der Waals surface area contributed by atoms with Crippen molar-refractivity contribution < 1.29 is 9.18 Å². The molecule has 0 aliphatic carbocycles. The molecule has 0 aliphatic heterocycles. The third-order valence-electron chi connectivity index (χ3n) is 2.65. The number of nitrogens with one attached hydrogen (secondary N) is 2. The van der Waals surface area contributed by atoms with Crippen molar-refractivity contribution in [1.29, 1.82) is 0 Å². The van der Waals surface area contributed by atoms with E-state index in [9.17, 15) is 9.18 Å². The first-order valence-corrected chi connectivity index (χ1v) is 7.48. The SMILES string of the molecule is O=C(C=Nc1ccc(Cl)cc1)NNCc1ccc(F)c(Br)c1.